The lowest BCUT2D eigenvalue weighted by Gasteiger charge is -2.27. The van der Waals surface area contributed by atoms with E-state index in [4.69, 9.17) is 0 Å². The number of aromatic nitrogens is 1. The Morgan fingerprint density at radius 3 is 1.81 bits per heavy atom. The maximum absolute atomic E-state index is 2.47. The van der Waals surface area contributed by atoms with Crippen molar-refractivity contribution < 1.29 is 0 Å². The van der Waals surface area contributed by atoms with Crippen molar-refractivity contribution in [2.75, 3.05) is 4.90 Å². The molecule has 0 N–H and O–H groups in total. The van der Waals surface area contributed by atoms with Gasteiger partial charge in [0.2, 0.25) is 0 Å². The molecule has 10 aromatic rings. The molecule has 0 unspecified atom stereocenters. The summed E-state index contributed by atoms with van der Waals surface area (Å²) in [6.07, 6.45) is 0. The smallest absolute Gasteiger partial charge is 0.0612 e. The van der Waals surface area contributed by atoms with E-state index in [0.29, 0.717) is 0 Å². The van der Waals surface area contributed by atoms with E-state index in [1.54, 1.807) is 0 Å². The number of fused-ring (bicyclic) bond motifs is 6. The summed E-state index contributed by atoms with van der Waals surface area (Å²) in [4.78, 5) is 2.39. The highest BCUT2D eigenvalue weighted by Gasteiger charge is 2.19. The molecule has 2 heteroatoms. The van der Waals surface area contributed by atoms with Crippen LogP contribution in [-0.4, -0.2) is 4.40 Å². The summed E-state index contributed by atoms with van der Waals surface area (Å²) < 4.78 is 2.47. The Balaban J connectivity index is 1.16. The van der Waals surface area contributed by atoms with Gasteiger partial charge in [-0.3, -0.25) is 0 Å². The summed E-state index contributed by atoms with van der Waals surface area (Å²) in [5.74, 6) is 0. The summed E-state index contributed by atoms with van der Waals surface area (Å²) in [6, 6.07) is 74.6. The Bertz CT molecular complexity index is 2880. The van der Waals surface area contributed by atoms with Gasteiger partial charge in [-0.2, -0.15) is 0 Å². The van der Waals surface area contributed by atoms with E-state index in [9.17, 15) is 0 Å². The van der Waals surface area contributed by atoms with E-state index in [-0.39, 0.29) is 0 Å². The van der Waals surface area contributed by atoms with Crippen LogP contribution in [0.1, 0.15) is 0 Å². The van der Waals surface area contributed by atoms with Crippen molar-refractivity contribution in [1.82, 2.24) is 4.40 Å². The van der Waals surface area contributed by atoms with E-state index >= 15 is 0 Å². The van der Waals surface area contributed by atoms with Crippen LogP contribution in [0.3, 0.4) is 0 Å². The molecule has 0 spiro atoms. The second-order valence-corrected chi connectivity index (χ2v) is 13.4. The van der Waals surface area contributed by atoms with Crippen LogP contribution in [-0.2, 0) is 0 Å². The van der Waals surface area contributed by atoms with Crippen LogP contribution in [0.4, 0.5) is 17.1 Å². The monoisotopic (exact) mass is 662 g/mol. The third-order valence-corrected chi connectivity index (χ3v) is 10.3. The van der Waals surface area contributed by atoms with Crippen LogP contribution in [0.2, 0.25) is 0 Å². The Hall–Kier alpha value is -6.90. The maximum atomic E-state index is 2.47. The van der Waals surface area contributed by atoms with Crippen molar-refractivity contribution in [2.24, 2.45) is 0 Å². The number of hydrogen-bond donors (Lipinski definition) is 0. The topological polar surface area (TPSA) is 7.65 Å². The fraction of sp³-hybridized carbons (Fsp3) is 0. The molecule has 8 aromatic carbocycles. The molecule has 2 aromatic heterocycles. The first kappa shape index (κ1) is 30.0. The highest BCUT2D eigenvalue weighted by Crippen LogP contribution is 2.43. The fourth-order valence-electron chi connectivity index (χ4n) is 7.99. The van der Waals surface area contributed by atoms with E-state index in [1.807, 2.05) is 0 Å². The summed E-state index contributed by atoms with van der Waals surface area (Å²) >= 11 is 0. The lowest BCUT2D eigenvalue weighted by atomic mass is 9.99. The summed E-state index contributed by atoms with van der Waals surface area (Å²) in [7, 11) is 0. The fourth-order valence-corrected chi connectivity index (χ4v) is 7.99. The van der Waals surface area contributed by atoms with Gasteiger partial charge in [-0.05, 0) is 75.5 Å². The van der Waals surface area contributed by atoms with E-state index in [1.165, 1.54) is 71.5 Å². The summed E-state index contributed by atoms with van der Waals surface area (Å²) in [5.41, 5.74) is 14.3. The normalized spacial score (nSPS) is 11.5. The molecule has 0 bridgehead atoms. The molecule has 0 saturated carbocycles. The molecule has 0 amide bonds. The first-order valence-corrected chi connectivity index (χ1v) is 17.9. The van der Waals surface area contributed by atoms with Crippen molar-refractivity contribution in [3.63, 3.8) is 0 Å². The maximum Gasteiger partial charge on any atom is 0.0612 e. The van der Waals surface area contributed by atoms with Crippen LogP contribution >= 0.6 is 0 Å². The lowest BCUT2D eigenvalue weighted by molar-refractivity contribution is 1.30. The molecule has 0 fully saturated rings. The van der Waals surface area contributed by atoms with Gasteiger partial charge in [0.15, 0.2) is 0 Å². The molecule has 244 valence electrons. The molecule has 0 atom stereocenters. The molecule has 52 heavy (non-hydrogen) atoms. The van der Waals surface area contributed by atoms with Crippen molar-refractivity contribution in [1.29, 1.82) is 0 Å². The minimum Gasteiger partial charge on any atom is -0.310 e. The van der Waals surface area contributed by atoms with Crippen molar-refractivity contribution in [3.8, 4) is 33.4 Å². The van der Waals surface area contributed by atoms with Crippen molar-refractivity contribution in [2.45, 2.75) is 0 Å². The van der Waals surface area contributed by atoms with Gasteiger partial charge in [-0.15, -0.1) is 0 Å². The van der Waals surface area contributed by atoms with E-state index in [2.05, 4.69) is 216 Å². The minimum atomic E-state index is 1.11. The quantitative estimate of drug-likeness (QED) is 0.172. The van der Waals surface area contributed by atoms with Gasteiger partial charge in [-0.25, -0.2) is 0 Å². The lowest BCUT2D eigenvalue weighted by Crippen LogP contribution is -2.10. The molecule has 2 heterocycles. The predicted molar refractivity (Wildman–Crippen MR) is 221 cm³/mol. The number of hydrogen-bond acceptors (Lipinski definition) is 1. The molecular formula is C50H34N2. The zero-order valence-corrected chi connectivity index (χ0v) is 28.5. The van der Waals surface area contributed by atoms with Gasteiger partial charge in [-0.1, -0.05) is 164 Å². The summed E-state index contributed by atoms with van der Waals surface area (Å²) in [6.45, 7) is 0. The van der Waals surface area contributed by atoms with Gasteiger partial charge < -0.3 is 9.30 Å². The Morgan fingerprint density at radius 2 is 0.981 bits per heavy atom. The molecule has 0 aliphatic rings. The SMILES string of the molecule is c1ccc(-c2cccc(N(c3ccc(-c4cccc5ccc6c(-c7ccccc7)c7ccccc7n6c45)cc3)c3cccc4ccccc34)c2)cc1. The number of rotatable bonds is 6. The molecule has 10 rings (SSSR count). The first-order valence-electron chi connectivity index (χ1n) is 17.9. The van der Waals surface area contributed by atoms with E-state index in [0.717, 1.165) is 17.1 Å². The van der Waals surface area contributed by atoms with Crippen LogP contribution in [0.15, 0.2) is 206 Å². The minimum absolute atomic E-state index is 1.11. The van der Waals surface area contributed by atoms with Gasteiger partial charge in [0.25, 0.3) is 0 Å². The van der Waals surface area contributed by atoms with Crippen LogP contribution in [0.25, 0.3) is 71.5 Å². The number of para-hydroxylation sites is 2. The van der Waals surface area contributed by atoms with Gasteiger partial charge in [0.05, 0.1) is 22.2 Å². The number of pyridine rings is 1. The number of nitrogens with zero attached hydrogens (tertiary/aromatic N) is 2. The number of benzene rings is 8. The Morgan fingerprint density at radius 1 is 0.346 bits per heavy atom. The molecular weight excluding hydrogens is 629 g/mol. The van der Waals surface area contributed by atoms with E-state index < -0.39 is 0 Å². The largest absolute Gasteiger partial charge is 0.310 e. The van der Waals surface area contributed by atoms with Crippen LogP contribution in [0.5, 0.6) is 0 Å². The average molecular weight is 663 g/mol. The van der Waals surface area contributed by atoms with Crippen LogP contribution in [0, 0.1) is 0 Å². The standard InChI is InChI=1S/C50H34N2/c1-3-14-35(15-4-1)40-21-11-22-42(34-40)51(46-27-13-19-36-16-7-8-23-43(36)46)41-31-28-37(29-32-41)44-25-12-20-39-30-33-48-49(38-17-5-2-6-18-38)45-24-9-10-26-47(45)52(48)50(39)44/h1-34H. The number of anilines is 3. The molecule has 0 aliphatic heterocycles. The molecule has 0 saturated heterocycles. The van der Waals surface area contributed by atoms with Gasteiger partial charge in [0, 0.05) is 33.3 Å². The molecule has 2 nitrogen and oxygen atoms in total. The second-order valence-electron chi connectivity index (χ2n) is 13.4. The zero-order chi connectivity index (χ0) is 34.4. The first-order chi connectivity index (χ1) is 25.8. The van der Waals surface area contributed by atoms with Gasteiger partial charge in [0.1, 0.15) is 0 Å². The summed E-state index contributed by atoms with van der Waals surface area (Å²) in [5, 5.41) is 4.90. The highest BCUT2D eigenvalue weighted by atomic mass is 15.1. The Kier molecular flexibility index (Phi) is 7.18. The highest BCUT2D eigenvalue weighted by molar-refractivity contribution is 6.10. The van der Waals surface area contributed by atoms with Crippen LogP contribution < -0.4 is 4.90 Å². The van der Waals surface area contributed by atoms with Gasteiger partial charge >= 0.3 is 0 Å². The van der Waals surface area contributed by atoms with Crippen molar-refractivity contribution >= 4 is 55.2 Å². The third kappa shape index (κ3) is 4.96. The van der Waals surface area contributed by atoms with Crippen molar-refractivity contribution in [3.05, 3.63) is 206 Å². The predicted octanol–water partition coefficient (Wildman–Crippen LogP) is 13.9. The molecule has 0 aliphatic carbocycles. The third-order valence-electron chi connectivity index (χ3n) is 10.3. The second kappa shape index (κ2) is 12.5. The Labute approximate surface area is 303 Å². The molecule has 0 radical (unpaired) electrons. The average Bonchev–Trinajstić information content (AvgIpc) is 3.57. The zero-order valence-electron chi connectivity index (χ0n) is 28.5.